The SMILES string of the molecule is C[C@@H](C(=O)O)N(C)S(=O)(=O)c1ccc(C(F)(F)F)cc1Cl. The Morgan fingerprint density at radius 2 is 1.90 bits per heavy atom. The summed E-state index contributed by atoms with van der Waals surface area (Å²) in [4.78, 5) is 10.2. The van der Waals surface area contributed by atoms with Gasteiger partial charge in [-0.1, -0.05) is 11.6 Å². The zero-order valence-electron chi connectivity index (χ0n) is 10.8. The minimum absolute atomic E-state index is 0.480. The molecule has 1 N–H and O–H groups in total. The lowest BCUT2D eigenvalue weighted by Crippen LogP contribution is -2.40. The first-order chi connectivity index (χ1) is 9.39. The van der Waals surface area contributed by atoms with Crippen LogP contribution >= 0.6 is 11.6 Å². The fraction of sp³-hybridized carbons (Fsp3) is 0.364. The second kappa shape index (κ2) is 5.82. The molecule has 0 saturated carbocycles. The van der Waals surface area contributed by atoms with Crippen LogP contribution in [0.4, 0.5) is 13.2 Å². The number of hydrogen-bond donors (Lipinski definition) is 1. The van der Waals surface area contributed by atoms with E-state index in [4.69, 9.17) is 16.7 Å². The van der Waals surface area contributed by atoms with Crippen molar-refractivity contribution in [1.29, 1.82) is 0 Å². The summed E-state index contributed by atoms with van der Waals surface area (Å²) in [6.07, 6.45) is -4.66. The van der Waals surface area contributed by atoms with Crippen molar-refractivity contribution in [2.24, 2.45) is 0 Å². The second-order valence-corrected chi connectivity index (χ2v) is 6.55. The zero-order chi connectivity index (χ0) is 16.6. The average Bonchev–Trinajstić information content (AvgIpc) is 2.35. The number of rotatable bonds is 4. The second-order valence-electron chi connectivity index (χ2n) is 4.18. The predicted molar refractivity (Wildman–Crippen MR) is 68.5 cm³/mol. The number of hydrogen-bond acceptors (Lipinski definition) is 3. The summed E-state index contributed by atoms with van der Waals surface area (Å²) < 4.78 is 62.3. The highest BCUT2D eigenvalue weighted by Gasteiger charge is 2.34. The van der Waals surface area contributed by atoms with Crippen LogP contribution in [0.1, 0.15) is 12.5 Å². The van der Waals surface area contributed by atoms with E-state index in [1.807, 2.05) is 0 Å². The van der Waals surface area contributed by atoms with Crippen LogP contribution in [0.5, 0.6) is 0 Å². The first-order valence-corrected chi connectivity index (χ1v) is 7.28. The maximum atomic E-state index is 12.5. The van der Waals surface area contributed by atoms with Crippen LogP contribution in [-0.4, -0.2) is 36.9 Å². The summed E-state index contributed by atoms with van der Waals surface area (Å²) in [5, 5.41) is 8.16. The van der Waals surface area contributed by atoms with E-state index in [0.29, 0.717) is 22.5 Å². The van der Waals surface area contributed by atoms with Crippen LogP contribution in [0.15, 0.2) is 23.1 Å². The smallest absolute Gasteiger partial charge is 0.416 e. The van der Waals surface area contributed by atoms with E-state index in [1.165, 1.54) is 0 Å². The number of benzene rings is 1. The minimum atomic E-state index is -4.66. The molecule has 1 aromatic carbocycles. The highest BCUT2D eigenvalue weighted by molar-refractivity contribution is 7.89. The van der Waals surface area contributed by atoms with Gasteiger partial charge in [-0.15, -0.1) is 0 Å². The molecule has 0 fully saturated rings. The third kappa shape index (κ3) is 3.66. The van der Waals surface area contributed by atoms with Crippen molar-refractivity contribution in [3.63, 3.8) is 0 Å². The van der Waals surface area contributed by atoms with Crippen LogP contribution in [0.2, 0.25) is 5.02 Å². The van der Waals surface area contributed by atoms with E-state index < -0.39 is 43.7 Å². The number of sulfonamides is 1. The van der Waals surface area contributed by atoms with Crippen LogP contribution < -0.4 is 0 Å². The molecule has 1 rings (SSSR count). The van der Waals surface area contributed by atoms with Crippen molar-refractivity contribution in [1.82, 2.24) is 4.31 Å². The number of carboxylic acid groups (broad SMARTS) is 1. The molecule has 0 bridgehead atoms. The van der Waals surface area contributed by atoms with E-state index in [-0.39, 0.29) is 0 Å². The Morgan fingerprint density at radius 3 is 2.29 bits per heavy atom. The van der Waals surface area contributed by atoms with Gasteiger partial charge in [0.2, 0.25) is 10.0 Å². The van der Waals surface area contributed by atoms with Crippen molar-refractivity contribution in [2.45, 2.75) is 24.0 Å². The molecule has 0 aliphatic heterocycles. The normalized spacial score (nSPS) is 14.2. The summed E-state index contributed by atoms with van der Waals surface area (Å²) in [5.41, 5.74) is -1.10. The molecule has 0 amide bonds. The van der Waals surface area contributed by atoms with Crippen LogP contribution in [0, 0.1) is 0 Å². The van der Waals surface area contributed by atoms with Gasteiger partial charge in [-0.3, -0.25) is 4.79 Å². The Labute approximate surface area is 124 Å². The van der Waals surface area contributed by atoms with Crippen molar-refractivity contribution in [2.75, 3.05) is 7.05 Å². The maximum absolute atomic E-state index is 12.5. The summed E-state index contributed by atoms with van der Waals surface area (Å²) >= 11 is 5.60. The van der Waals surface area contributed by atoms with Gasteiger partial charge in [0.05, 0.1) is 10.6 Å². The number of alkyl halides is 3. The third-order valence-corrected chi connectivity index (χ3v) is 5.23. The molecule has 0 unspecified atom stereocenters. The van der Waals surface area contributed by atoms with E-state index in [1.54, 1.807) is 0 Å². The van der Waals surface area contributed by atoms with Gasteiger partial charge in [0.15, 0.2) is 0 Å². The molecule has 5 nitrogen and oxygen atoms in total. The number of carboxylic acids is 1. The van der Waals surface area contributed by atoms with E-state index in [9.17, 15) is 26.4 Å². The molecular weight excluding hydrogens is 335 g/mol. The van der Waals surface area contributed by atoms with Gasteiger partial charge in [0.25, 0.3) is 0 Å². The van der Waals surface area contributed by atoms with Gasteiger partial charge in [-0.2, -0.15) is 17.5 Å². The molecule has 118 valence electrons. The third-order valence-electron chi connectivity index (χ3n) is 2.82. The van der Waals surface area contributed by atoms with Crippen LogP contribution in [0.3, 0.4) is 0 Å². The molecule has 0 heterocycles. The minimum Gasteiger partial charge on any atom is -0.480 e. The maximum Gasteiger partial charge on any atom is 0.416 e. The molecule has 1 aromatic rings. The van der Waals surface area contributed by atoms with Gasteiger partial charge in [-0.05, 0) is 25.1 Å². The molecule has 21 heavy (non-hydrogen) atoms. The standard InChI is InChI=1S/C11H11ClF3NO4S/c1-6(10(17)18)16(2)21(19,20)9-4-3-7(5-8(9)12)11(13,14)15/h3-6H,1-2H3,(H,17,18)/t6-/m0/s1. The average molecular weight is 346 g/mol. The molecular formula is C11H11ClF3NO4S. The lowest BCUT2D eigenvalue weighted by molar-refractivity contribution is -0.140. The quantitative estimate of drug-likeness (QED) is 0.909. The van der Waals surface area contributed by atoms with Crippen molar-refractivity contribution < 1.29 is 31.5 Å². The Kier molecular flexibility index (Phi) is 4.91. The highest BCUT2D eigenvalue weighted by atomic mass is 35.5. The Balaban J connectivity index is 3.31. The molecule has 0 spiro atoms. The number of carbonyl (C=O) groups is 1. The number of likely N-dealkylation sites (N-methyl/N-ethyl adjacent to an activating group) is 1. The summed E-state index contributed by atoms with van der Waals surface area (Å²) in [6.45, 7) is 1.12. The van der Waals surface area contributed by atoms with Gasteiger partial charge in [0.1, 0.15) is 10.9 Å². The van der Waals surface area contributed by atoms with E-state index >= 15 is 0 Å². The van der Waals surface area contributed by atoms with Crippen molar-refractivity contribution >= 4 is 27.6 Å². The monoisotopic (exact) mass is 345 g/mol. The summed E-state index contributed by atoms with van der Waals surface area (Å²) in [5.74, 6) is -1.40. The molecule has 1 atom stereocenters. The largest absolute Gasteiger partial charge is 0.480 e. The Bertz CT molecular complexity index is 660. The van der Waals surface area contributed by atoms with Crippen LogP contribution in [0.25, 0.3) is 0 Å². The molecule has 0 aliphatic rings. The van der Waals surface area contributed by atoms with Crippen LogP contribution in [-0.2, 0) is 21.0 Å². The molecule has 0 aromatic heterocycles. The highest BCUT2D eigenvalue weighted by Crippen LogP contribution is 2.34. The molecule has 0 aliphatic carbocycles. The molecule has 0 saturated heterocycles. The Hall–Kier alpha value is -1.32. The number of nitrogens with zero attached hydrogens (tertiary/aromatic N) is 1. The fourth-order valence-electron chi connectivity index (χ4n) is 1.41. The number of halogens is 4. The Morgan fingerprint density at radius 1 is 1.38 bits per heavy atom. The zero-order valence-corrected chi connectivity index (χ0v) is 12.4. The summed E-state index contributed by atoms with van der Waals surface area (Å²) in [7, 11) is -3.32. The lowest BCUT2D eigenvalue weighted by atomic mass is 10.2. The van der Waals surface area contributed by atoms with E-state index in [0.717, 1.165) is 14.0 Å². The van der Waals surface area contributed by atoms with Gasteiger partial charge >= 0.3 is 12.1 Å². The lowest BCUT2D eigenvalue weighted by Gasteiger charge is -2.22. The van der Waals surface area contributed by atoms with Crippen molar-refractivity contribution in [3.05, 3.63) is 28.8 Å². The first-order valence-electron chi connectivity index (χ1n) is 5.46. The fourth-order valence-corrected chi connectivity index (χ4v) is 3.24. The molecule has 10 heteroatoms. The topological polar surface area (TPSA) is 74.7 Å². The van der Waals surface area contributed by atoms with Crippen molar-refractivity contribution in [3.8, 4) is 0 Å². The van der Waals surface area contributed by atoms with Gasteiger partial charge < -0.3 is 5.11 Å². The van der Waals surface area contributed by atoms with E-state index in [2.05, 4.69) is 0 Å². The number of aliphatic carboxylic acids is 1. The van der Waals surface area contributed by atoms with Gasteiger partial charge in [0, 0.05) is 7.05 Å². The first kappa shape index (κ1) is 17.7. The predicted octanol–water partition coefficient (Wildman–Crippen LogP) is 2.45. The molecule has 0 radical (unpaired) electrons. The van der Waals surface area contributed by atoms with Gasteiger partial charge in [-0.25, -0.2) is 8.42 Å². The summed E-state index contributed by atoms with van der Waals surface area (Å²) in [6, 6.07) is 0.352.